The monoisotopic (exact) mass is 2000 g/mol. The molecule has 130 heavy (non-hydrogen) atoms. The number of aliphatic hydroxyl groups is 5. The number of nitrogens with zero attached hydrogens (tertiary/aromatic N) is 1. The first-order valence-electron chi connectivity index (χ1n) is 42.9. The average Bonchev–Trinajstić information content (AvgIpc) is 0.775. The SMILES string of the molecule is CC#C/C=C\C#C[C@H](OC1OC(C)C(NOC2CC(O)C(SC(=O)c3c(C)c(I)c(OC4OC(C)C(O)C(OC)C4O)c(OC)c3OC)C(C)O2)C(O)C1OC1CC(OC)C(N(CC)C(=O)CNC(=O)OCc2ccc(NC(=O)[C@H](CCCNC(N)=O)CC(=O)[C@@H](NC(=O)CCCC(=O)O)C(C)C)cc2)CO1)C1/C(=C\CSSC(C)C)[C@](O)(C(C)C)CC(=O)C1NC(=O)OC. The Morgan fingerprint density at radius 3 is 2.12 bits per heavy atom. The van der Waals surface area contributed by atoms with E-state index in [-0.39, 0.29) is 112 Å². The van der Waals surface area contributed by atoms with Gasteiger partial charge < -0.3 is 129 Å². The number of thioether (sulfide) groups is 1. The van der Waals surface area contributed by atoms with Gasteiger partial charge in [0, 0.05) is 94.4 Å². The number of ketones is 2. The number of nitrogens with two attached hydrogens (primary N) is 1. The van der Waals surface area contributed by atoms with Crippen molar-refractivity contribution in [1.29, 1.82) is 0 Å². The summed E-state index contributed by atoms with van der Waals surface area (Å²) in [7, 11) is 9.63. The molecule has 0 radical (unpaired) electrons. The second kappa shape index (κ2) is 52.8. The van der Waals surface area contributed by atoms with Crippen molar-refractivity contribution in [1.82, 2.24) is 31.6 Å². The molecule has 42 heteroatoms. The number of alkyl carbamates (subject to hydrolysis) is 2. The molecule has 5 fully saturated rings. The van der Waals surface area contributed by atoms with Crippen LogP contribution in [0.3, 0.4) is 0 Å². The minimum absolute atomic E-state index is 0.0115. The molecule has 38 nitrogen and oxygen atoms in total. The van der Waals surface area contributed by atoms with E-state index in [0.717, 1.165) is 18.9 Å². The molecular formula is C88H127IN8O30S3. The van der Waals surface area contributed by atoms with E-state index in [4.69, 9.17) is 77.3 Å². The minimum atomic E-state index is -1.83. The van der Waals surface area contributed by atoms with Crippen LogP contribution in [0.25, 0.3) is 0 Å². The molecule has 0 spiro atoms. The van der Waals surface area contributed by atoms with Crippen LogP contribution in [0, 0.1) is 57.8 Å². The summed E-state index contributed by atoms with van der Waals surface area (Å²) >= 11 is 2.75. The third-order valence-electron chi connectivity index (χ3n) is 22.7. The lowest BCUT2D eigenvalue weighted by atomic mass is 9.64. The molecule has 4 aliphatic heterocycles. The van der Waals surface area contributed by atoms with Crippen LogP contribution in [0.4, 0.5) is 20.1 Å². The summed E-state index contributed by atoms with van der Waals surface area (Å²) in [6.45, 7) is 20.0. The van der Waals surface area contributed by atoms with Crippen LogP contribution in [0.5, 0.6) is 17.2 Å². The van der Waals surface area contributed by atoms with Crippen molar-refractivity contribution in [2.45, 2.75) is 280 Å². The summed E-state index contributed by atoms with van der Waals surface area (Å²) in [6, 6.07) is 0.989. The number of nitrogens with one attached hydrogen (secondary N) is 6. The number of aliphatic hydroxyl groups excluding tert-OH is 4. The molecule has 1 saturated carbocycles. The molecule has 14 N–H and O–H groups in total. The highest BCUT2D eigenvalue weighted by molar-refractivity contribution is 14.1. The summed E-state index contributed by atoms with van der Waals surface area (Å²) in [6.07, 6.45) is -17.2. The van der Waals surface area contributed by atoms with Crippen LogP contribution in [-0.2, 0) is 87.6 Å². The Kier molecular flexibility index (Phi) is 44.4. The van der Waals surface area contributed by atoms with Gasteiger partial charge in [0.25, 0.3) is 0 Å². The maximum absolute atomic E-state index is 14.7. The Balaban J connectivity index is 1.10. The van der Waals surface area contributed by atoms with Gasteiger partial charge in [0.2, 0.25) is 34.9 Å². The van der Waals surface area contributed by atoms with Gasteiger partial charge in [-0.3, -0.25) is 38.4 Å². The Labute approximate surface area is 783 Å². The fourth-order valence-electron chi connectivity index (χ4n) is 15.7. The first kappa shape index (κ1) is 109. The fraction of sp³-hybridized carbons (Fsp3) is 0.659. The average molecular weight is 2000 g/mol. The van der Waals surface area contributed by atoms with E-state index in [0.29, 0.717) is 31.7 Å². The van der Waals surface area contributed by atoms with Crippen LogP contribution in [0.2, 0.25) is 0 Å². The number of aliphatic carboxylic acids is 1. The van der Waals surface area contributed by atoms with Crippen molar-refractivity contribution in [2.75, 3.05) is 72.9 Å². The predicted octanol–water partition coefficient (Wildman–Crippen LogP) is 6.24. The maximum atomic E-state index is 14.7. The Hall–Kier alpha value is -7.68. The number of hydroxylamine groups is 1. The van der Waals surface area contributed by atoms with Gasteiger partial charge >= 0.3 is 24.2 Å². The van der Waals surface area contributed by atoms with Crippen LogP contribution >= 0.6 is 55.9 Å². The highest BCUT2D eigenvalue weighted by Gasteiger charge is 2.57. The molecular weight excluding hydrogens is 1870 g/mol. The molecule has 0 aromatic heterocycles. The number of allylic oxidation sites excluding steroid dienone is 2. The first-order valence-corrected chi connectivity index (χ1v) is 47.3. The van der Waals surface area contributed by atoms with E-state index in [1.54, 1.807) is 110 Å². The number of carbonyl (C=O) groups is 10. The molecule has 0 bridgehead atoms. The molecule has 23 atom stereocenters. The van der Waals surface area contributed by atoms with Gasteiger partial charge in [0.15, 0.2) is 41.9 Å². The zero-order valence-corrected chi connectivity index (χ0v) is 80.8. The number of anilines is 1. The lowest BCUT2D eigenvalue weighted by Gasteiger charge is -2.49. The number of carbonyl (C=O) groups excluding carboxylic acids is 9. The molecule has 19 unspecified atom stereocenters. The lowest BCUT2D eigenvalue weighted by molar-refractivity contribution is -0.340. The van der Waals surface area contributed by atoms with Gasteiger partial charge in [-0.1, -0.05) is 111 Å². The van der Waals surface area contributed by atoms with Crippen LogP contribution in [0.15, 0.2) is 48.1 Å². The summed E-state index contributed by atoms with van der Waals surface area (Å²) in [4.78, 5) is 141. The zero-order chi connectivity index (χ0) is 96.1. The third-order valence-corrected chi connectivity index (χ3v) is 28.2. The topological polar surface area (TPSA) is 523 Å². The molecule has 724 valence electrons. The van der Waals surface area contributed by atoms with E-state index in [9.17, 15) is 73.5 Å². The number of urea groups is 1. The highest BCUT2D eigenvalue weighted by atomic mass is 127. The zero-order valence-electron chi connectivity index (χ0n) is 76.2. The Bertz CT molecular complexity index is 4350. The van der Waals surface area contributed by atoms with Gasteiger partial charge in [-0.15, -0.1) is 5.92 Å². The van der Waals surface area contributed by atoms with E-state index in [1.165, 1.54) is 56.3 Å². The van der Waals surface area contributed by atoms with Crippen LogP contribution < -0.4 is 52.0 Å². The number of likely N-dealkylation sites (N-methyl/N-ethyl adjacent to an activating group) is 1. The minimum Gasteiger partial charge on any atom is -0.492 e. The van der Waals surface area contributed by atoms with Crippen molar-refractivity contribution in [3.8, 4) is 40.9 Å². The number of Topliss-reactive ketones (excluding diaryl/α,β-unsaturated/α-hetero) is 2. The van der Waals surface area contributed by atoms with Gasteiger partial charge in [-0.2, -0.15) is 5.48 Å². The van der Waals surface area contributed by atoms with Crippen molar-refractivity contribution in [2.24, 2.45) is 29.4 Å². The Morgan fingerprint density at radius 1 is 0.808 bits per heavy atom. The largest absolute Gasteiger partial charge is 0.492 e. The van der Waals surface area contributed by atoms with Crippen LogP contribution in [-0.4, -0.2) is 294 Å². The van der Waals surface area contributed by atoms with Gasteiger partial charge in [0.05, 0.1) is 96.6 Å². The molecule has 7 rings (SSSR count). The number of hydrogen-bond donors (Lipinski definition) is 13. The standard InChI is InChI=1S/C88H127IN8O30S3/c1-18-20-21-22-23-27-59(67-54(34-36-128-130-46(7)8)88(113,45(5)6)40-58(100)71(67)95-87(112)118-17)124-84-78(73(106)70(48(10)122-84)96-127-65-38-57(99)80(50(12)121-65)129-82(109)66-47(9)68(89)76(79(117-16)75(66)115-14)126-83-74(107)77(116-15)72(105)49(11)123-83)125-64-39-60(114-13)55(43-119-64)97(19-2)62(102)41-92-86(111)120-42-51-30-32-53(33-31-51)93-81(108)52(26-25-35-91-85(90)110)37-56(98)69(44(3)4)94-61(101)28-24-29-63(103)104/h21-22,30-34,44-46,48-50,52,55,57,59-60,64-65,67,69-74,77-78,80,83-84,96,99,105-107,113H,19,24-26,28-29,35-43H2,1-17H3,(H,92,111)(H,93,108)(H,94,101)(H,95,112)(H,103,104)(H3,90,91,110)/b22-21-,54-34+/t48?,49?,50?,52-,55?,57?,59+,60?,64?,65?,67?,69+,70?,71?,72?,73?,74?,77?,78?,80?,83?,84?,88-/m1/s1. The van der Waals surface area contributed by atoms with E-state index in [2.05, 4.69) is 55.7 Å². The smallest absolute Gasteiger partial charge is 0.407 e. The number of carboxylic acid groups (broad SMARTS) is 1. The number of amides is 7. The van der Waals surface area contributed by atoms with E-state index in [1.807, 2.05) is 36.4 Å². The molecule has 2 aromatic carbocycles. The van der Waals surface area contributed by atoms with Gasteiger partial charge in [0.1, 0.15) is 55.8 Å². The number of hydrogen-bond acceptors (Lipinski definition) is 33. The summed E-state index contributed by atoms with van der Waals surface area (Å²) in [5.74, 6) is 5.14. The second-order valence-electron chi connectivity index (χ2n) is 32.7. The van der Waals surface area contributed by atoms with Gasteiger partial charge in [-0.05, 0) is 136 Å². The predicted molar refractivity (Wildman–Crippen MR) is 487 cm³/mol. The normalized spacial score (nSPS) is 27.8. The Morgan fingerprint density at radius 2 is 1.50 bits per heavy atom. The first-order chi connectivity index (χ1) is 61.7. The van der Waals surface area contributed by atoms with Crippen molar-refractivity contribution < 1.29 is 145 Å². The number of ether oxygens (including phenoxy) is 13. The second-order valence-corrected chi connectivity index (χ2v) is 37.9. The number of rotatable bonds is 43. The highest BCUT2D eigenvalue weighted by Crippen LogP contribution is 2.50. The van der Waals surface area contributed by atoms with E-state index < -0.39 is 217 Å². The number of halogens is 1. The summed E-state index contributed by atoms with van der Waals surface area (Å²) in [5, 5.41) is 80.7. The third kappa shape index (κ3) is 30.2. The molecule has 1 aliphatic carbocycles. The summed E-state index contributed by atoms with van der Waals surface area (Å²) in [5.41, 5.74) is 7.89. The number of benzene rings is 2. The number of carboxylic acids is 1. The van der Waals surface area contributed by atoms with Crippen molar-refractivity contribution >= 4 is 120 Å². The number of methoxy groups -OCH3 is 5. The van der Waals surface area contributed by atoms with Crippen molar-refractivity contribution in [3.05, 3.63) is 68.3 Å². The summed E-state index contributed by atoms with van der Waals surface area (Å²) < 4.78 is 79.6. The van der Waals surface area contributed by atoms with Gasteiger partial charge in [-0.25, -0.2) is 14.4 Å². The molecule has 4 heterocycles. The van der Waals surface area contributed by atoms with Crippen molar-refractivity contribution in [3.63, 3.8) is 0 Å². The molecule has 5 aliphatic rings. The van der Waals surface area contributed by atoms with Crippen LogP contribution in [0.1, 0.15) is 155 Å². The van der Waals surface area contributed by atoms with E-state index >= 15 is 0 Å². The quantitative estimate of drug-likeness (QED) is 0.00872. The molecule has 7 amide bonds. The molecule has 2 aromatic rings. The fourth-order valence-corrected chi connectivity index (χ4v) is 19.3. The molecule has 4 saturated heterocycles. The maximum Gasteiger partial charge on any atom is 0.407 e. The number of primary amides is 1. The lowest BCUT2D eigenvalue weighted by Crippen LogP contribution is -2.66.